The molecule has 2 aromatic rings. The molecule has 110 valence electrons. The molecule has 3 rings (SSSR count). The molecule has 0 fully saturated rings. The third kappa shape index (κ3) is 2.44. The largest absolute Gasteiger partial charge is 0.492 e. The highest BCUT2D eigenvalue weighted by molar-refractivity contribution is 5.48. The minimum absolute atomic E-state index is 0.0648. The molecule has 0 aliphatic carbocycles. The minimum Gasteiger partial charge on any atom is -0.492 e. The lowest BCUT2D eigenvalue weighted by molar-refractivity contribution is 0.291. The molecule has 1 atom stereocenters. The summed E-state index contributed by atoms with van der Waals surface area (Å²) in [5.41, 5.74) is 11.6. The van der Waals surface area contributed by atoms with Crippen LogP contribution in [0.2, 0.25) is 0 Å². The molecule has 0 spiro atoms. The molecule has 0 bridgehead atoms. The fraction of sp³-hybridized carbons (Fsp3) is 0.368. The predicted octanol–water partition coefficient (Wildman–Crippen LogP) is 3.97. The van der Waals surface area contributed by atoms with Gasteiger partial charge in [-0.05, 0) is 35.2 Å². The number of fused-ring (bicyclic) bond motifs is 1. The van der Waals surface area contributed by atoms with Crippen LogP contribution in [0.5, 0.6) is 5.75 Å². The minimum atomic E-state index is -0.0807. The fourth-order valence-corrected chi connectivity index (χ4v) is 3.07. The first-order valence-corrected chi connectivity index (χ1v) is 7.63. The van der Waals surface area contributed by atoms with Crippen LogP contribution < -0.4 is 10.5 Å². The van der Waals surface area contributed by atoms with Crippen molar-refractivity contribution in [3.8, 4) is 5.75 Å². The van der Waals surface area contributed by atoms with E-state index in [-0.39, 0.29) is 11.5 Å². The van der Waals surface area contributed by atoms with Crippen LogP contribution in [0.1, 0.15) is 49.1 Å². The van der Waals surface area contributed by atoms with E-state index in [1.54, 1.807) is 0 Å². The molecule has 2 aromatic carbocycles. The van der Waals surface area contributed by atoms with Crippen LogP contribution in [-0.2, 0) is 11.8 Å². The summed E-state index contributed by atoms with van der Waals surface area (Å²) in [4.78, 5) is 0. The Labute approximate surface area is 126 Å². The number of nitrogens with two attached hydrogens (primary N) is 1. The third-order valence-electron chi connectivity index (χ3n) is 4.45. The average Bonchev–Trinajstić information content (AvgIpc) is 2.81. The van der Waals surface area contributed by atoms with Crippen molar-refractivity contribution < 1.29 is 4.74 Å². The van der Waals surface area contributed by atoms with Gasteiger partial charge >= 0.3 is 0 Å². The van der Waals surface area contributed by atoms with Crippen molar-refractivity contribution in [1.82, 2.24) is 0 Å². The van der Waals surface area contributed by atoms with Crippen LogP contribution in [-0.4, -0.2) is 6.61 Å². The molecule has 1 aliphatic rings. The van der Waals surface area contributed by atoms with E-state index in [2.05, 4.69) is 63.2 Å². The van der Waals surface area contributed by atoms with E-state index < -0.39 is 0 Å². The van der Waals surface area contributed by atoms with Crippen LogP contribution in [0, 0.1) is 0 Å². The first-order chi connectivity index (χ1) is 10.0. The van der Waals surface area contributed by atoms with Gasteiger partial charge in [0.15, 0.2) is 0 Å². The molecule has 0 saturated carbocycles. The van der Waals surface area contributed by atoms with Crippen molar-refractivity contribution in [1.29, 1.82) is 0 Å². The first kappa shape index (κ1) is 14.2. The van der Waals surface area contributed by atoms with Crippen molar-refractivity contribution in [3.63, 3.8) is 0 Å². The molecule has 0 radical (unpaired) electrons. The van der Waals surface area contributed by atoms with Gasteiger partial charge in [0.2, 0.25) is 0 Å². The average molecular weight is 281 g/mol. The summed E-state index contributed by atoms with van der Waals surface area (Å²) in [5, 5.41) is 0. The standard InChI is InChI=1S/C19H23NO/c1-4-13-7-5-6-8-15(13)18(20)14-9-10-17-16(11-14)19(2,3)12-21-17/h5-11,18H,4,12,20H2,1-3H3. The van der Waals surface area contributed by atoms with Crippen LogP contribution in [0.25, 0.3) is 0 Å². The van der Waals surface area contributed by atoms with Crippen LogP contribution in [0.4, 0.5) is 0 Å². The van der Waals surface area contributed by atoms with Gasteiger partial charge in [-0.3, -0.25) is 0 Å². The molecule has 1 aliphatic heterocycles. The Kier molecular flexibility index (Phi) is 3.50. The van der Waals surface area contributed by atoms with Gasteiger partial charge in [0.05, 0.1) is 12.6 Å². The van der Waals surface area contributed by atoms with Gasteiger partial charge in [-0.25, -0.2) is 0 Å². The van der Waals surface area contributed by atoms with E-state index in [9.17, 15) is 0 Å². The fourth-order valence-electron chi connectivity index (χ4n) is 3.07. The van der Waals surface area contributed by atoms with Gasteiger partial charge in [-0.15, -0.1) is 0 Å². The van der Waals surface area contributed by atoms with Crippen LogP contribution >= 0.6 is 0 Å². The van der Waals surface area contributed by atoms with E-state index in [1.807, 2.05) is 0 Å². The summed E-state index contributed by atoms with van der Waals surface area (Å²) in [6.45, 7) is 7.35. The molecule has 0 aromatic heterocycles. The Bertz CT molecular complexity index is 660. The Morgan fingerprint density at radius 1 is 1.19 bits per heavy atom. The molecule has 0 amide bonds. The van der Waals surface area contributed by atoms with Gasteiger partial charge in [-0.2, -0.15) is 0 Å². The van der Waals surface area contributed by atoms with E-state index in [4.69, 9.17) is 10.5 Å². The zero-order valence-electron chi connectivity index (χ0n) is 13.0. The lowest BCUT2D eigenvalue weighted by Gasteiger charge is -2.20. The van der Waals surface area contributed by atoms with Crippen molar-refractivity contribution >= 4 is 0 Å². The number of ether oxygens (including phenoxy) is 1. The zero-order valence-corrected chi connectivity index (χ0v) is 13.0. The Morgan fingerprint density at radius 2 is 1.95 bits per heavy atom. The summed E-state index contributed by atoms with van der Waals surface area (Å²) in [6.07, 6.45) is 1.00. The smallest absolute Gasteiger partial charge is 0.123 e. The van der Waals surface area contributed by atoms with E-state index >= 15 is 0 Å². The number of aryl methyl sites for hydroxylation is 1. The van der Waals surface area contributed by atoms with Gasteiger partial charge in [0.1, 0.15) is 5.75 Å². The summed E-state index contributed by atoms with van der Waals surface area (Å²) in [7, 11) is 0. The second kappa shape index (κ2) is 5.19. The second-order valence-electron chi connectivity index (χ2n) is 6.46. The molecule has 1 unspecified atom stereocenters. The Hall–Kier alpha value is -1.80. The Morgan fingerprint density at radius 3 is 2.71 bits per heavy atom. The first-order valence-electron chi connectivity index (χ1n) is 7.63. The summed E-state index contributed by atoms with van der Waals surface area (Å²) >= 11 is 0. The molecular formula is C19H23NO. The van der Waals surface area contributed by atoms with Gasteiger partial charge < -0.3 is 10.5 Å². The number of hydrogen-bond donors (Lipinski definition) is 1. The van der Waals surface area contributed by atoms with Crippen molar-refractivity contribution in [3.05, 3.63) is 64.7 Å². The maximum atomic E-state index is 6.53. The predicted molar refractivity (Wildman–Crippen MR) is 86.8 cm³/mol. The van der Waals surface area contributed by atoms with Crippen LogP contribution in [0.15, 0.2) is 42.5 Å². The van der Waals surface area contributed by atoms with Gasteiger partial charge in [0, 0.05) is 11.0 Å². The monoisotopic (exact) mass is 281 g/mol. The summed E-state index contributed by atoms with van der Waals surface area (Å²) < 4.78 is 5.76. The maximum absolute atomic E-state index is 6.53. The Balaban J connectivity index is 2.01. The van der Waals surface area contributed by atoms with Gasteiger partial charge in [0.25, 0.3) is 0 Å². The zero-order chi connectivity index (χ0) is 15.0. The lowest BCUT2D eigenvalue weighted by Crippen LogP contribution is -2.19. The molecule has 0 saturated heterocycles. The SMILES string of the molecule is CCc1ccccc1C(N)c1ccc2c(c1)C(C)(C)CO2. The highest BCUT2D eigenvalue weighted by atomic mass is 16.5. The third-order valence-corrected chi connectivity index (χ3v) is 4.45. The molecule has 2 heteroatoms. The molecular weight excluding hydrogens is 258 g/mol. The maximum Gasteiger partial charge on any atom is 0.123 e. The lowest BCUT2D eigenvalue weighted by atomic mass is 9.84. The highest BCUT2D eigenvalue weighted by Crippen LogP contribution is 2.40. The number of benzene rings is 2. The number of rotatable bonds is 3. The van der Waals surface area contributed by atoms with E-state index in [0.717, 1.165) is 24.3 Å². The molecule has 2 N–H and O–H groups in total. The number of hydrogen-bond acceptors (Lipinski definition) is 2. The van der Waals surface area contributed by atoms with E-state index in [0.29, 0.717) is 0 Å². The quantitative estimate of drug-likeness (QED) is 0.924. The van der Waals surface area contributed by atoms with Crippen molar-refractivity contribution in [2.45, 2.75) is 38.6 Å². The van der Waals surface area contributed by atoms with Crippen molar-refractivity contribution in [2.24, 2.45) is 5.73 Å². The van der Waals surface area contributed by atoms with Gasteiger partial charge in [-0.1, -0.05) is 51.1 Å². The molecule has 2 nitrogen and oxygen atoms in total. The summed E-state index contributed by atoms with van der Waals surface area (Å²) in [6, 6.07) is 14.7. The van der Waals surface area contributed by atoms with Crippen molar-refractivity contribution in [2.75, 3.05) is 6.61 Å². The molecule has 21 heavy (non-hydrogen) atoms. The summed E-state index contributed by atoms with van der Waals surface area (Å²) in [5.74, 6) is 1.000. The highest BCUT2D eigenvalue weighted by Gasteiger charge is 2.32. The van der Waals surface area contributed by atoms with E-state index in [1.165, 1.54) is 16.7 Å². The molecule has 1 heterocycles. The van der Waals surface area contributed by atoms with Crippen LogP contribution in [0.3, 0.4) is 0 Å². The topological polar surface area (TPSA) is 35.2 Å². The second-order valence-corrected chi connectivity index (χ2v) is 6.46. The normalized spacial score (nSPS) is 17.1.